The molecule has 0 amide bonds. The van der Waals surface area contributed by atoms with Crippen molar-refractivity contribution in [2.75, 3.05) is 13.7 Å². The van der Waals surface area contributed by atoms with Gasteiger partial charge < -0.3 is 14.3 Å². The number of benzene rings is 2. The first-order chi connectivity index (χ1) is 13.8. The van der Waals surface area contributed by atoms with Crippen molar-refractivity contribution in [3.63, 3.8) is 0 Å². The van der Waals surface area contributed by atoms with Gasteiger partial charge in [0.15, 0.2) is 0 Å². The van der Waals surface area contributed by atoms with Gasteiger partial charge in [0.2, 0.25) is 0 Å². The molecule has 1 N–H and O–H groups in total. The molecule has 0 aliphatic carbocycles. The minimum absolute atomic E-state index is 0.0514. The first-order valence-corrected chi connectivity index (χ1v) is 12.3. The van der Waals surface area contributed by atoms with Crippen LogP contribution < -0.4 is 10.4 Å². The molecule has 0 unspecified atom stereocenters. The maximum Gasteiger partial charge on any atom is 0.261 e. The summed E-state index contributed by atoms with van der Waals surface area (Å²) in [6, 6.07) is 21.3. The van der Waals surface area contributed by atoms with Crippen molar-refractivity contribution in [1.29, 1.82) is 0 Å². The zero-order valence-electron chi connectivity index (χ0n) is 18.5. The molecule has 2 aromatic carbocycles. The van der Waals surface area contributed by atoms with Crippen LogP contribution in [-0.2, 0) is 9.16 Å². The van der Waals surface area contributed by atoms with Crippen molar-refractivity contribution in [3.05, 3.63) is 73.3 Å². The topological polar surface area (TPSA) is 38.7 Å². The highest BCUT2D eigenvalue weighted by Gasteiger charge is 2.50. The Morgan fingerprint density at radius 1 is 1.00 bits per heavy atom. The number of rotatable bonds is 10. The summed E-state index contributed by atoms with van der Waals surface area (Å²) >= 11 is 0. The second-order valence-electron chi connectivity index (χ2n) is 8.82. The zero-order valence-corrected chi connectivity index (χ0v) is 19.5. The summed E-state index contributed by atoms with van der Waals surface area (Å²) in [5.41, 5.74) is 0. The number of methoxy groups -OCH3 is 1. The molecule has 0 spiro atoms. The molecule has 0 aliphatic rings. The molecular weight excluding hydrogens is 376 g/mol. The molecule has 0 saturated heterocycles. The third-order valence-corrected chi connectivity index (χ3v) is 10.5. The fourth-order valence-corrected chi connectivity index (χ4v) is 8.74. The SMILES string of the molecule is C=C[C@@H](OC)[C@@H](O)C[C@H](C)CO[Si](c1ccccc1)(c1ccccc1)C(C)(C)C. The summed E-state index contributed by atoms with van der Waals surface area (Å²) in [5, 5.41) is 13.0. The lowest BCUT2D eigenvalue weighted by Gasteiger charge is -2.43. The highest BCUT2D eigenvalue weighted by atomic mass is 28.4. The van der Waals surface area contributed by atoms with Gasteiger partial charge in [-0.3, -0.25) is 0 Å². The Morgan fingerprint density at radius 2 is 1.48 bits per heavy atom. The van der Waals surface area contributed by atoms with Gasteiger partial charge in [-0.2, -0.15) is 0 Å². The van der Waals surface area contributed by atoms with Gasteiger partial charge in [-0.05, 0) is 27.8 Å². The fourth-order valence-electron chi connectivity index (χ4n) is 4.05. The second kappa shape index (κ2) is 10.3. The molecule has 0 aromatic heterocycles. The first kappa shape index (κ1) is 23.6. The average Bonchev–Trinajstić information content (AvgIpc) is 2.70. The van der Waals surface area contributed by atoms with Crippen molar-refractivity contribution in [1.82, 2.24) is 0 Å². The summed E-state index contributed by atoms with van der Waals surface area (Å²) in [6.45, 7) is 13.3. The number of hydrogen-bond donors (Lipinski definition) is 1. The van der Waals surface area contributed by atoms with Gasteiger partial charge in [-0.25, -0.2) is 0 Å². The summed E-state index contributed by atoms with van der Waals surface area (Å²) in [6.07, 6.45) is 1.31. The molecule has 0 bridgehead atoms. The largest absolute Gasteiger partial charge is 0.407 e. The van der Waals surface area contributed by atoms with Crippen LogP contribution in [0.15, 0.2) is 73.3 Å². The summed E-state index contributed by atoms with van der Waals surface area (Å²) in [7, 11) is -0.944. The summed E-state index contributed by atoms with van der Waals surface area (Å²) in [4.78, 5) is 0. The Hall–Kier alpha value is -1.72. The molecule has 3 nitrogen and oxygen atoms in total. The van der Waals surface area contributed by atoms with Crippen LogP contribution in [0.25, 0.3) is 0 Å². The highest BCUT2D eigenvalue weighted by Crippen LogP contribution is 2.37. The lowest BCUT2D eigenvalue weighted by molar-refractivity contribution is 0.00173. The highest BCUT2D eigenvalue weighted by molar-refractivity contribution is 6.99. The standard InChI is InChI=1S/C25H36O3Si/c1-7-24(27-6)23(26)18-20(2)19-28-29(25(3,4)5,21-14-10-8-11-15-21)22-16-12-9-13-17-22/h7-17,20,23-24,26H,1,18-19H2,2-6H3/t20-,23-,24+/m0/s1. The van der Waals surface area contributed by atoms with Crippen LogP contribution in [0, 0.1) is 5.92 Å². The van der Waals surface area contributed by atoms with Crippen molar-refractivity contribution < 1.29 is 14.3 Å². The van der Waals surface area contributed by atoms with Crippen LogP contribution in [-0.4, -0.2) is 39.3 Å². The van der Waals surface area contributed by atoms with E-state index in [2.05, 4.69) is 94.9 Å². The van der Waals surface area contributed by atoms with E-state index in [1.54, 1.807) is 13.2 Å². The van der Waals surface area contributed by atoms with Gasteiger partial charge in [0.25, 0.3) is 8.32 Å². The molecule has 2 aromatic rings. The summed E-state index contributed by atoms with van der Waals surface area (Å²) in [5.74, 6) is 0.184. The number of aliphatic hydroxyl groups excluding tert-OH is 1. The maximum absolute atomic E-state index is 10.5. The Bertz CT molecular complexity index is 700. The third-order valence-electron chi connectivity index (χ3n) is 5.53. The number of aliphatic hydroxyl groups is 1. The van der Waals surface area contributed by atoms with E-state index in [4.69, 9.17) is 9.16 Å². The monoisotopic (exact) mass is 412 g/mol. The predicted octanol–water partition coefficient (Wildman–Crippen LogP) is 4.15. The number of ether oxygens (including phenoxy) is 1. The predicted molar refractivity (Wildman–Crippen MR) is 124 cm³/mol. The minimum atomic E-state index is -2.54. The maximum atomic E-state index is 10.5. The quantitative estimate of drug-likeness (QED) is 0.471. The number of hydrogen-bond acceptors (Lipinski definition) is 3. The van der Waals surface area contributed by atoms with Crippen molar-refractivity contribution in [2.24, 2.45) is 5.92 Å². The zero-order chi connectivity index (χ0) is 21.5. The lowest BCUT2D eigenvalue weighted by atomic mass is 10.0. The third kappa shape index (κ3) is 5.46. The average molecular weight is 413 g/mol. The molecule has 4 heteroatoms. The molecule has 0 aliphatic heterocycles. The van der Waals surface area contributed by atoms with Gasteiger partial charge in [0.1, 0.15) is 6.10 Å². The first-order valence-electron chi connectivity index (χ1n) is 10.3. The van der Waals surface area contributed by atoms with Crippen molar-refractivity contribution in [2.45, 2.75) is 51.4 Å². The van der Waals surface area contributed by atoms with Gasteiger partial charge in [0.05, 0.1) is 6.10 Å². The normalized spacial score (nSPS) is 15.5. The van der Waals surface area contributed by atoms with Gasteiger partial charge in [0, 0.05) is 13.7 Å². The smallest absolute Gasteiger partial charge is 0.261 e. The van der Waals surface area contributed by atoms with Crippen molar-refractivity contribution in [3.8, 4) is 0 Å². The second-order valence-corrected chi connectivity index (χ2v) is 13.1. The van der Waals surface area contributed by atoms with Gasteiger partial charge in [-0.15, -0.1) is 6.58 Å². The molecular formula is C25H36O3Si. The van der Waals surface area contributed by atoms with E-state index in [0.717, 1.165) is 0 Å². The van der Waals surface area contributed by atoms with E-state index in [9.17, 15) is 5.11 Å². The molecule has 29 heavy (non-hydrogen) atoms. The van der Waals surface area contributed by atoms with E-state index in [0.29, 0.717) is 13.0 Å². The minimum Gasteiger partial charge on any atom is -0.407 e. The van der Waals surface area contributed by atoms with Crippen LogP contribution in [0.4, 0.5) is 0 Å². The molecule has 0 saturated carbocycles. The van der Waals surface area contributed by atoms with Gasteiger partial charge >= 0.3 is 0 Å². The molecule has 2 rings (SSSR count). The lowest BCUT2D eigenvalue weighted by Crippen LogP contribution is -2.66. The van der Waals surface area contributed by atoms with Crippen LogP contribution in [0.1, 0.15) is 34.1 Å². The molecule has 0 radical (unpaired) electrons. The molecule has 0 heterocycles. The Balaban J connectivity index is 2.35. The molecule has 3 atom stereocenters. The van der Waals surface area contributed by atoms with Crippen molar-refractivity contribution >= 4 is 18.7 Å². The van der Waals surface area contributed by atoms with Crippen LogP contribution in [0.3, 0.4) is 0 Å². The van der Waals surface area contributed by atoms with E-state index in [-0.39, 0.29) is 17.1 Å². The summed E-state index contributed by atoms with van der Waals surface area (Å²) < 4.78 is 12.2. The van der Waals surface area contributed by atoms with E-state index < -0.39 is 14.4 Å². The van der Waals surface area contributed by atoms with E-state index >= 15 is 0 Å². The fraction of sp³-hybridized carbons (Fsp3) is 0.440. The van der Waals surface area contributed by atoms with Crippen LogP contribution in [0.2, 0.25) is 5.04 Å². The Labute approximate surface area is 177 Å². The Morgan fingerprint density at radius 3 is 1.86 bits per heavy atom. The van der Waals surface area contributed by atoms with Gasteiger partial charge in [-0.1, -0.05) is 94.4 Å². The van der Waals surface area contributed by atoms with E-state index in [1.165, 1.54) is 10.4 Å². The molecule has 158 valence electrons. The van der Waals surface area contributed by atoms with Crippen LogP contribution in [0.5, 0.6) is 0 Å². The molecule has 0 fully saturated rings. The Kier molecular flexibility index (Phi) is 8.41. The van der Waals surface area contributed by atoms with E-state index in [1.807, 2.05) is 0 Å². The van der Waals surface area contributed by atoms with Crippen LogP contribution >= 0.6 is 0 Å².